The van der Waals surface area contributed by atoms with E-state index in [1.807, 2.05) is 0 Å². The lowest BCUT2D eigenvalue weighted by Gasteiger charge is -2.38. The number of anilines is 2. The number of amides is 1. The average Bonchev–Trinajstić information content (AvgIpc) is 2.73. The molecule has 0 aliphatic carbocycles. The third kappa shape index (κ3) is 3.78. The summed E-state index contributed by atoms with van der Waals surface area (Å²) in [5.74, 6) is 0.417. The molecule has 1 N–H and O–H groups in total. The molecule has 4 rings (SSSR count). The molecule has 2 aromatic carbocycles. The van der Waals surface area contributed by atoms with Crippen LogP contribution in [0.25, 0.3) is 10.9 Å². The highest BCUT2D eigenvalue weighted by atomic mass is 19.3. The van der Waals surface area contributed by atoms with Crippen molar-refractivity contribution >= 4 is 28.2 Å². The van der Waals surface area contributed by atoms with E-state index in [9.17, 15) is 13.6 Å². The largest absolute Gasteiger partial charge is 0.495 e. The van der Waals surface area contributed by atoms with Gasteiger partial charge in [0.1, 0.15) is 5.75 Å². The summed E-state index contributed by atoms with van der Waals surface area (Å²) >= 11 is 0. The number of carbonyl (C=O) groups excluding carboxylic acids is 1. The number of methoxy groups -OCH3 is 2. The summed E-state index contributed by atoms with van der Waals surface area (Å²) in [5.41, 5.74) is 2.26. The molecule has 0 unspecified atom stereocenters. The number of ether oxygens (including phenoxy) is 2. The van der Waals surface area contributed by atoms with Gasteiger partial charge in [-0.2, -0.15) is 0 Å². The highest BCUT2D eigenvalue weighted by molar-refractivity contribution is 5.97. The number of pyridine rings is 1. The number of benzene rings is 2. The lowest BCUT2D eigenvalue weighted by atomic mass is 10.1. The van der Waals surface area contributed by atoms with Gasteiger partial charge in [-0.15, -0.1) is 0 Å². The molecule has 8 heteroatoms. The van der Waals surface area contributed by atoms with Gasteiger partial charge in [-0.1, -0.05) is 12.1 Å². The second-order valence-corrected chi connectivity index (χ2v) is 7.04. The zero-order valence-electron chi connectivity index (χ0n) is 16.6. The Morgan fingerprint density at radius 3 is 2.63 bits per heavy atom. The molecule has 6 nitrogen and oxygen atoms in total. The number of nitrogens with one attached hydrogen (secondary N) is 1. The monoisotopic (exact) mass is 413 g/mol. The molecule has 30 heavy (non-hydrogen) atoms. The molecule has 156 valence electrons. The third-order valence-corrected chi connectivity index (χ3v) is 5.21. The van der Waals surface area contributed by atoms with E-state index < -0.39 is 6.43 Å². The molecule has 0 bridgehead atoms. The van der Waals surface area contributed by atoms with Crippen LogP contribution in [-0.4, -0.2) is 49.2 Å². The number of hydrogen-bond donors (Lipinski definition) is 1. The van der Waals surface area contributed by atoms with Gasteiger partial charge in [0.2, 0.25) is 0 Å². The maximum Gasteiger partial charge on any atom is 0.263 e. The number of fused-ring (bicyclic) bond motifs is 1. The minimum atomic E-state index is -2.55. The topological polar surface area (TPSA) is 63.7 Å². The van der Waals surface area contributed by atoms with Crippen molar-refractivity contribution in [2.75, 3.05) is 32.6 Å². The van der Waals surface area contributed by atoms with Crippen molar-refractivity contribution in [1.82, 2.24) is 9.88 Å². The smallest absolute Gasteiger partial charge is 0.263 e. The minimum Gasteiger partial charge on any atom is -0.495 e. The molecular weight excluding hydrogens is 392 g/mol. The Labute approximate surface area is 172 Å². The van der Waals surface area contributed by atoms with Gasteiger partial charge in [0.05, 0.1) is 24.4 Å². The maximum absolute atomic E-state index is 13.0. The van der Waals surface area contributed by atoms with E-state index in [1.54, 1.807) is 48.5 Å². The quantitative estimate of drug-likeness (QED) is 0.649. The molecule has 0 spiro atoms. The van der Waals surface area contributed by atoms with Crippen LogP contribution in [0.4, 0.5) is 20.2 Å². The van der Waals surface area contributed by atoms with Crippen LogP contribution in [-0.2, 0) is 4.74 Å². The number of aromatic nitrogens is 1. The first-order valence-corrected chi connectivity index (χ1v) is 9.44. The Morgan fingerprint density at radius 1 is 1.13 bits per heavy atom. The predicted molar refractivity (Wildman–Crippen MR) is 110 cm³/mol. The molecular formula is C22H21F2N3O3. The first kappa shape index (κ1) is 20.0. The summed E-state index contributed by atoms with van der Waals surface area (Å²) in [6.07, 6.45) is -0.911. The number of halogens is 2. The second kappa shape index (κ2) is 8.23. The van der Waals surface area contributed by atoms with Crippen LogP contribution >= 0.6 is 0 Å². The summed E-state index contributed by atoms with van der Waals surface area (Å²) in [4.78, 5) is 18.5. The van der Waals surface area contributed by atoms with Crippen LogP contribution in [0.1, 0.15) is 22.3 Å². The van der Waals surface area contributed by atoms with Crippen molar-refractivity contribution in [3.05, 3.63) is 59.8 Å². The normalized spacial score (nSPS) is 14.1. The number of rotatable bonds is 6. The predicted octanol–water partition coefficient (Wildman–Crippen LogP) is 4.40. The van der Waals surface area contributed by atoms with E-state index in [4.69, 9.17) is 9.47 Å². The van der Waals surface area contributed by atoms with E-state index in [0.717, 1.165) is 0 Å². The summed E-state index contributed by atoms with van der Waals surface area (Å²) in [6, 6.07) is 11.3. The SMILES string of the molecule is COc1cc(C(=O)N2CC(OC)C2)ccc1Nc1ccnc2cc(C(F)F)ccc12. The highest BCUT2D eigenvalue weighted by Crippen LogP contribution is 2.33. The van der Waals surface area contributed by atoms with Crippen LogP contribution in [0, 0.1) is 0 Å². The van der Waals surface area contributed by atoms with Crippen molar-refractivity contribution in [2.24, 2.45) is 0 Å². The Hall–Kier alpha value is -3.26. The fourth-order valence-corrected chi connectivity index (χ4v) is 3.42. The summed E-state index contributed by atoms with van der Waals surface area (Å²) in [5, 5.41) is 3.96. The van der Waals surface area contributed by atoms with Gasteiger partial charge in [-0.05, 0) is 30.3 Å². The van der Waals surface area contributed by atoms with E-state index in [0.29, 0.717) is 46.7 Å². The minimum absolute atomic E-state index is 0.0747. The lowest BCUT2D eigenvalue weighted by Crippen LogP contribution is -2.54. The van der Waals surface area contributed by atoms with Gasteiger partial charge in [0, 0.05) is 48.6 Å². The number of likely N-dealkylation sites (tertiary alicyclic amines) is 1. The van der Waals surface area contributed by atoms with Crippen LogP contribution < -0.4 is 10.1 Å². The number of hydrogen-bond acceptors (Lipinski definition) is 5. The van der Waals surface area contributed by atoms with E-state index in [2.05, 4.69) is 10.3 Å². The van der Waals surface area contributed by atoms with Crippen LogP contribution in [0.3, 0.4) is 0 Å². The Kier molecular flexibility index (Phi) is 5.50. The number of alkyl halides is 2. The molecule has 1 amide bonds. The summed E-state index contributed by atoms with van der Waals surface area (Å²) in [7, 11) is 3.16. The number of carbonyl (C=O) groups is 1. The summed E-state index contributed by atoms with van der Waals surface area (Å²) in [6.45, 7) is 1.14. The van der Waals surface area contributed by atoms with Gasteiger partial charge in [-0.3, -0.25) is 9.78 Å². The standard InChI is InChI=1S/C22H21F2N3O3/c1-29-15-11-27(12-15)22(28)14-4-6-18(20(10-14)30-2)26-17-7-8-25-19-9-13(21(23)24)3-5-16(17)19/h3-10,15,21H,11-12H2,1-2H3,(H,25,26). The first-order chi connectivity index (χ1) is 14.5. The fourth-order valence-electron chi connectivity index (χ4n) is 3.42. The lowest BCUT2D eigenvalue weighted by molar-refractivity contribution is -0.0192. The van der Waals surface area contributed by atoms with Crippen molar-refractivity contribution in [2.45, 2.75) is 12.5 Å². The zero-order valence-corrected chi connectivity index (χ0v) is 16.6. The molecule has 1 aliphatic rings. The number of nitrogens with zero attached hydrogens (tertiary/aromatic N) is 2. The molecule has 1 fully saturated rings. The van der Waals surface area contributed by atoms with E-state index in [1.165, 1.54) is 19.2 Å². The van der Waals surface area contributed by atoms with Crippen LogP contribution in [0.15, 0.2) is 48.7 Å². The van der Waals surface area contributed by atoms with Gasteiger partial charge in [0.25, 0.3) is 12.3 Å². The fraction of sp³-hybridized carbons (Fsp3) is 0.273. The molecule has 2 heterocycles. The molecule has 0 atom stereocenters. The molecule has 1 aromatic heterocycles. The van der Waals surface area contributed by atoms with Gasteiger partial charge in [-0.25, -0.2) is 8.78 Å². The first-order valence-electron chi connectivity index (χ1n) is 9.44. The van der Waals surface area contributed by atoms with Gasteiger partial charge in [0.15, 0.2) is 0 Å². The Balaban J connectivity index is 1.60. The molecule has 0 radical (unpaired) electrons. The van der Waals surface area contributed by atoms with Crippen LogP contribution in [0.5, 0.6) is 5.75 Å². The van der Waals surface area contributed by atoms with Crippen molar-refractivity contribution in [3.8, 4) is 5.75 Å². The third-order valence-electron chi connectivity index (χ3n) is 5.21. The van der Waals surface area contributed by atoms with E-state index in [-0.39, 0.29) is 17.6 Å². The average molecular weight is 413 g/mol. The molecule has 3 aromatic rings. The Bertz CT molecular complexity index is 1080. The van der Waals surface area contributed by atoms with E-state index >= 15 is 0 Å². The van der Waals surface area contributed by atoms with Crippen molar-refractivity contribution < 1.29 is 23.0 Å². The molecule has 1 saturated heterocycles. The van der Waals surface area contributed by atoms with Crippen molar-refractivity contribution in [3.63, 3.8) is 0 Å². The molecule has 0 saturated carbocycles. The van der Waals surface area contributed by atoms with Gasteiger partial charge < -0.3 is 19.7 Å². The van der Waals surface area contributed by atoms with Crippen LogP contribution in [0.2, 0.25) is 0 Å². The van der Waals surface area contributed by atoms with Gasteiger partial charge >= 0.3 is 0 Å². The van der Waals surface area contributed by atoms with Crippen molar-refractivity contribution in [1.29, 1.82) is 0 Å². The highest BCUT2D eigenvalue weighted by Gasteiger charge is 2.31. The maximum atomic E-state index is 13.0. The Morgan fingerprint density at radius 2 is 1.93 bits per heavy atom. The zero-order chi connectivity index (χ0) is 21.3. The second-order valence-electron chi connectivity index (χ2n) is 7.04. The summed E-state index contributed by atoms with van der Waals surface area (Å²) < 4.78 is 36.6. The molecule has 1 aliphatic heterocycles.